The van der Waals surface area contributed by atoms with Crippen molar-refractivity contribution >= 4 is 5.91 Å². The molecule has 1 saturated heterocycles. The summed E-state index contributed by atoms with van der Waals surface area (Å²) in [6.45, 7) is 3.54. The molecule has 128 valence electrons. The van der Waals surface area contributed by atoms with E-state index >= 15 is 0 Å². The van der Waals surface area contributed by atoms with Gasteiger partial charge in [-0.1, -0.05) is 25.1 Å². The summed E-state index contributed by atoms with van der Waals surface area (Å²) in [5, 5.41) is 14.3. The quantitative estimate of drug-likeness (QED) is 0.914. The normalized spacial score (nSPS) is 17.8. The Morgan fingerprint density at radius 3 is 2.88 bits per heavy atom. The molecule has 2 heterocycles. The Morgan fingerprint density at radius 1 is 1.38 bits per heavy atom. The van der Waals surface area contributed by atoms with Crippen LogP contribution in [-0.4, -0.2) is 51.5 Å². The zero-order valence-corrected chi connectivity index (χ0v) is 13.9. The second-order valence-corrected chi connectivity index (χ2v) is 6.02. The largest absolute Gasteiger partial charge is 0.489 e. The third-order valence-corrected chi connectivity index (χ3v) is 4.05. The number of carbonyl (C=O) groups excluding carboxylic acids is 1. The van der Waals surface area contributed by atoms with Gasteiger partial charge in [-0.25, -0.2) is 4.68 Å². The topological polar surface area (TPSA) is 67.6 Å². The number of hydrogen-bond donors (Lipinski definition) is 1. The maximum Gasteiger partial charge on any atom is 0.278 e. The SMILES string of the molecule is CCCOc1cn(-c2ccccc2)nc1C(=O)N1CCCC(O)C1. The maximum atomic E-state index is 12.8. The summed E-state index contributed by atoms with van der Waals surface area (Å²) in [6.07, 6.45) is 3.68. The van der Waals surface area contributed by atoms with Crippen LogP contribution < -0.4 is 4.74 Å². The van der Waals surface area contributed by atoms with Crippen LogP contribution in [0.2, 0.25) is 0 Å². The average molecular weight is 329 g/mol. The van der Waals surface area contributed by atoms with Gasteiger partial charge in [-0.05, 0) is 31.4 Å². The number of benzene rings is 1. The van der Waals surface area contributed by atoms with Crippen molar-refractivity contribution in [1.29, 1.82) is 0 Å². The zero-order valence-electron chi connectivity index (χ0n) is 13.9. The van der Waals surface area contributed by atoms with Crippen LogP contribution in [0.1, 0.15) is 36.7 Å². The van der Waals surface area contributed by atoms with Gasteiger partial charge in [0.05, 0.1) is 24.6 Å². The molecule has 3 rings (SSSR count). The van der Waals surface area contributed by atoms with Crippen molar-refractivity contribution in [2.45, 2.75) is 32.3 Å². The second-order valence-electron chi connectivity index (χ2n) is 6.02. The molecule has 1 fully saturated rings. The van der Waals surface area contributed by atoms with Crippen molar-refractivity contribution in [2.75, 3.05) is 19.7 Å². The summed E-state index contributed by atoms with van der Waals surface area (Å²) in [5.74, 6) is 0.306. The lowest BCUT2D eigenvalue weighted by atomic mass is 10.1. The van der Waals surface area contributed by atoms with E-state index in [1.54, 1.807) is 15.8 Å². The van der Waals surface area contributed by atoms with Gasteiger partial charge in [-0.2, -0.15) is 5.10 Å². The lowest BCUT2D eigenvalue weighted by Crippen LogP contribution is -2.42. The number of aliphatic hydroxyl groups excluding tert-OH is 1. The molecule has 1 atom stereocenters. The number of carbonyl (C=O) groups is 1. The third-order valence-electron chi connectivity index (χ3n) is 4.05. The van der Waals surface area contributed by atoms with E-state index in [4.69, 9.17) is 4.74 Å². The summed E-state index contributed by atoms with van der Waals surface area (Å²) in [6, 6.07) is 9.63. The van der Waals surface area contributed by atoms with Crippen LogP contribution in [0.4, 0.5) is 0 Å². The van der Waals surface area contributed by atoms with Gasteiger partial charge >= 0.3 is 0 Å². The molecule has 1 amide bonds. The van der Waals surface area contributed by atoms with Crippen LogP contribution in [0.15, 0.2) is 36.5 Å². The highest BCUT2D eigenvalue weighted by Gasteiger charge is 2.28. The molecule has 6 heteroatoms. The highest BCUT2D eigenvalue weighted by Crippen LogP contribution is 2.23. The fourth-order valence-corrected chi connectivity index (χ4v) is 2.83. The summed E-state index contributed by atoms with van der Waals surface area (Å²) < 4.78 is 7.40. The first-order valence-corrected chi connectivity index (χ1v) is 8.44. The van der Waals surface area contributed by atoms with Crippen LogP contribution in [0, 0.1) is 0 Å². The maximum absolute atomic E-state index is 12.8. The van der Waals surface area contributed by atoms with Crippen molar-refractivity contribution in [3.8, 4) is 11.4 Å². The number of piperidine rings is 1. The molecule has 1 aromatic carbocycles. The highest BCUT2D eigenvalue weighted by atomic mass is 16.5. The summed E-state index contributed by atoms with van der Waals surface area (Å²) in [7, 11) is 0. The number of para-hydroxylation sites is 1. The fraction of sp³-hybridized carbons (Fsp3) is 0.444. The molecular formula is C18H23N3O3. The minimum absolute atomic E-state index is 0.186. The smallest absolute Gasteiger partial charge is 0.278 e. The van der Waals surface area contributed by atoms with Crippen molar-refractivity contribution in [1.82, 2.24) is 14.7 Å². The number of hydrogen-bond acceptors (Lipinski definition) is 4. The fourth-order valence-electron chi connectivity index (χ4n) is 2.83. The van der Waals surface area contributed by atoms with E-state index < -0.39 is 6.10 Å². The number of likely N-dealkylation sites (tertiary alicyclic amines) is 1. The van der Waals surface area contributed by atoms with Crippen molar-refractivity contribution < 1.29 is 14.6 Å². The van der Waals surface area contributed by atoms with Crippen LogP contribution in [0.3, 0.4) is 0 Å². The molecule has 1 aliphatic rings. The molecule has 1 aliphatic heterocycles. The van der Waals surface area contributed by atoms with Gasteiger partial charge in [0.25, 0.3) is 5.91 Å². The monoisotopic (exact) mass is 329 g/mol. The van der Waals surface area contributed by atoms with E-state index in [2.05, 4.69) is 5.10 Å². The van der Waals surface area contributed by atoms with E-state index in [0.717, 1.165) is 24.9 Å². The highest BCUT2D eigenvalue weighted by molar-refractivity contribution is 5.95. The van der Waals surface area contributed by atoms with E-state index in [9.17, 15) is 9.90 Å². The Balaban J connectivity index is 1.89. The van der Waals surface area contributed by atoms with Crippen LogP contribution in [-0.2, 0) is 0 Å². The predicted molar refractivity (Wildman–Crippen MR) is 90.5 cm³/mol. The van der Waals surface area contributed by atoms with E-state index in [1.807, 2.05) is 37.3 Å². The Labute approximate surface area is 141 Å². The first-order valence-electron chi connectivity index (χ1n) is 8.44. The molecular weight excluding hydrogens is 306 g/mol. The number of rotatable bonds is 5. The van der Waals surface area contributed by atoms with Crippen molar-refractivity contribution in [3.05, 3.63) is 42.2 Å². The van der Waals surface area contributed by atoms with Gasteiger partial charge in [0.15, 0.2) is 11.4 Å². The van der Waals surface area contributed by atoms with E-state index in [0.29, 0.717) is 31.1 Å². The number of β-amino-alcohol motifs (C(OH)–C–C–N with tert-alkyl or cyclic N) is 1. The van der Waals surface area contributed by atoms with Crippen LogP contribution in [0.5, 0.6) is 5.75 Å². The molecule has 24 heavy (non-hydrogen) atoms. The van der Waals surface area contributed by atoms with Crippen molar-refractivity contribution in [2.24, 2.45) is 0 Å². The number of nitrogens with zero attached hydrogens (tertiary/aromatic N) is 3. The lowest BCUT2D eigenvalue weighted by Gasteiger charge is -2.29. The Morgan fingerprint density at radius 2 is 2.17 bits per heavy atom. The molecule has 1 aromatic heterocycles. The predicted octanol–water partition coefficient (Wildman–Crippen LogP) is 2.26. The van der Waals surface area contributed by atoms with Gasteiger partial charge in [0.2, 0.25) is 0 Å². The van der Waals surface area contributed by atoms with Crippen LogP contribution >= 0.6 is 0 Å². The van der Waals surface area contributed by atoms with Crippen LogP contribution in [0.25, 0.3) is 5.69 Å². The molecule has 1 unspecified atom stereocenters. The number of amides is 1. The lowest BCUT2D eigenvalue weighted by molar-refractivity contribution is 0.0465. The van der Waals surface area contributed by atoms with Gasteiger partial charge in [0, 0.05) is 13.1 Å². The molecule has 6 nitrogen and oxygen atoms in total. The zero-order chi connectivity index (χ0) is 16.9. The second kappa shape index (κ2) is 7.49. The standard InChI is InChI=1S/C18H23N3O3/c1-2-11-24-16-13-21(14-7-4-3-5-8-14)19-17(16)18(23)20-10-6-9-15(22)12-20/h3-5,7-8,13,15,22H,2,6,9-12H2,1H3. The Kier molecular flexibility index (Phi) is 5.15. The van der Waals surface area contributed by atoms with E-state index in [-0.39, 0.29) is 5.91 Å². The third kappa shape index (κ3) is 3.59. The minimum Gasteiger partial charge on any atom is -0.489 e. The molecule has 1 N–H and O–H groups in total. The number of aromatic nitrogens is 2. The molecule has 0 aliphatic carbocycles. The van der Waals surface area contributed by atoms with Crippen molar-refractivity contribution in [3.63, 3.8) is 0 Å². The Bertz CT molecular complexity index is 684. The molecule has 0 saturated carbocycles. The molecule has 2 aromatic rings. The Hall–Kier alpha value is -2.34. The first-order chi connectivity index (χ1) is 11.7. The van der Waals surface area contributed by atoms with Gasteiger partial charge < -0.3 is 14.7 Å². The number of aliphatic hydroxyl groups is 1. The van der Waals surface area contributed by atoms with E-state index in [1.165, 1.54) is 0 Å². The van der Waals surface area contributed by atoms with Gasteiger partial charge in [-0.15, -0.1) is 0 Å². The molecule has 0 spiro atoms. The summed E-state index contributed by atoms with van der Waals surface area (Å²) in [4.78, 5) is 14.5. The summed E-state index contributed by atoms with van der Waals surface area (Å²) in [5.41, 5.74) is 1.18. The molecule has 0 radical (unpaired) electrons. The number of ether oxygens (including phenoxy) is 1. The first kappa shape index (κ1) is 16.5. The molecule has 0 bridgehead atoms. The van der Waals surface area contributed by atoms with Gasteiger partial charge in [0.1, 0.15) is 0 Å². The average Bonchev–Trinajstić information content (AvgIpc) is 3.04. The summed E-state index contributed by atoms with van der Waals surface area (Å²) >= 11 is 0. The minimum atomic E-state index is -0.459. The van der Waals surface area contributed by atoms with Gasteiger partial charge in [-0.3, -0.25) is 4.79 Å².